The van der Waals surface area contributed by atoms with E-state index in [2.05, 4.69) is 14.9 Å². The van der Waals surface area contributed by atoms with Gasteiger partial charge in [-0.05, 0) is 25.0 Å². The summed E-state index contributed by atoms with van der Waals surface area (Å²) in [6.45, 7) is 2.91. The molecule has 2 aliphatic rings. The molecule has 0 aromatic carbocycles. The molecule has 4 rings (SSSR count). The van der Waals surface area contributed by atoms with Crippen molar-refractivity contribution in [2.75, 3.05) is 24.5 Å². The lowest BCUT2D eigenvalue weighted by Gasteiger charge is -2.22. The average Bonchev–Trinajstić information content (AvgIpc) is 2.87. The van der Waals surface area contributed by atoms with Gasteiger partial charge in [-0.3, -0.25) is 19.6 Å². The van der Waals surface area contributed by atoms with E-state index in [1.54, 1.807) is 12.3 Å². The number of anilines is 1. The first-order valence-electron chi connectivity index (χ1n) is 9.73. The summed E-state index contributed by atoms with van der Waals surface area (Å²) in [7, 11) is 0. The maximum absolute atomic E-state index is 12.5. The zero-order valence-corrected chi connectivity index (χ0v) is 15.4. The van der Waals surface area contributed by atoms with Crippen LogP contribution in [0, 0.1) is 0 Å². The summed E-state index contributed by atoms with van der Waals surface area (Å²) < 4.78 is 0. The van der Waals surface area contributed by atoms with Gasteiger partial charge >= 0.3 is 0 Å². The maximum Gasteiger partial charge on any atom is 0.252 e. The second-order valence-electron chi connectivity index (χ2n) is 7.39. The first kappa shape index (κ1) is 17.7. The Morgan fingerprint density at radius 1 is 1.11 bits per heavy atom. The number of aromatic nitrogens is 3. The van der Waals surface area contributed by atoms with E-state index in [1.807, 2.05) is 23.1 Å². The first-order valence-corrected chi connectivity index (χ1v) is 9.73. The summed E-state index contributed by atoms with van der Waals surface area (Å²) in [4.78, 5) is 40.6. The molecular weight excluding hydrogens is 342 g/mol. The van der Waals surface area contributed by atoms with Gasteiger partial charge in [0, 0.05) is 44.2 Å². The molecule has 4 heterocycles. The van der Waals surface area contributed by atoms with E-state index in [0.29, 0.717) is 25.5 Å². The van der Waals surface area contributed by atoms with Crippen molar-refractivity contribution in [3.63, 3.8) is 0 Å². The van der Waals surface area contributed by atoms with Crippen molar-refractivity contribution in [1.82, 2.24) is 19.9 Å². The smallest absolute Gasteiger partial charge is 0.252 e. The van der Waals surface area contributed by atoms with Crippen molar-refractivity contribution in [2.24, 2.45) is 0 Å². The second kappa shape index (κ2) is 7.90. The third kappa shape index (κ3) is 4.18. The third-order valence-electron chi connectivity index (χ3n) is 5.37. The van der Waals surface area contributed by atoms with Gasteiger partial charge in [-0.1, -0.05) is 18.9 Å². The predicted molar refractivity (Wildman–Crippen MR) is 103 cm³/mol. The molecule has 7 heteroatoms. The van der Waals surface area contributed by atoms with Crippen molar-refractivity contribution in [2.45, 2.75) is 44.6 Å². The number of nitrogens with zero attached hydrogens (tertiary/aromatic N) is 4. The molecule has 2 saturated heterocycles. The first-order chi connectivity index (χ1) is 13.2. The Kier molecular flexibility index (Phi) is 5.18. The van der Waals surface area contributed by atoms with Crippen LogP contribution in [0.3, 0.4) is 0 Å². The molecule has 1 atom stereocenters. The topological polar surface area (TPSA) is 82.2 Å². The molecule has 0 bridgehead atoms. The normalized spacial score (nSPS) is 20.7. The zero-order chi connectivity index (χ0) is 18.6. The van der Waals surface area contributed by atoms with Crippen LogP contribution in [-0.2, 0) is 11.3 Å². The van der Waals surface area contributed by atoms with E-state index in [-0.39, 0.29) is 17.4 Å². The van der Waals surface area contributed by atoms with Gasteiger partial charge in [-0.15, -0.1) is 0 Å². The molecule has 2 aromatic rings. The molecule has 27 heavy (non-hydrogen) atoms. The summed E-state index contributed by atoms with van der Waals surface area (Å²) in [5.74, 6) is 0.688. The number of likely N-dealkylation sites (tertiary alicyclic amines) is 1. The van der Waals surface area contributed by atoms with Gasteiger partial charge in [-0.2, -0.15) is 0 Å². The predicted octanol–water partition coefficient (Wildman–Crippen LogP) is 2.06. The molecule has 2 fully saturated rings. The van der Waals surface area contributed by atoms with Crippen LogP contribution in [-0.4, -0.2) is 45.4 Å². The highest BCUT2D eigenvalue weighted by Gasteiger charge is 2.32. The van der Waals surface area contributed by atoms with Crippen LogP contribution in [0.5, 0.6) is 0 Å². The Morgan fingerprint density at radius 2 is 1.93 bits per heavy atom. The fourth-order valence-electron chi connectivity index (χ4n) is 3.91. The molecule has 1 N–H and O–H groups in total. The number of aromatic amines is 1. The van der Waals surface area contributed by atoms with Gasteiger partial charge in [0.15, 0.2) is 0 Å². The second-order valence-corrected chi connectivity index (χ2v) is 7.39. The molecule has 142 valence electrons. The number of rotatable bonds is 4. The lowest BCUT2D eigenvalue weighted by atomic mass is 10.0. The van der Waals surface area contributed by atoms with E-state index < -0.39 is 0 Å². The molecule has 0 unspecified atom stereocenters. The molecule has 2 aliphatic heterocycles. The van der Waals surface area contributed by atoms with Gasteiger partial charge in [0.1, 0.15) is 0 Å². The SMILES string of the molecule is O=C1C[C@@H](c2cc(=O)[nH]c(N3CCCCCC3)n2)CN1Cc1ccccn1. The zero-order valence-electron chi connectivity index (χ0n) is 15.4. The van der Waals surface area contributed by atoms with Gasteiger partial charge in [0.05, 0.1) is 17.9 Å². The van der Waals surface area contributed by atoms with Crippen molar-refractivity contribution in [3.8, 4) is 0 Å². The third-order valence-corrected chi connectivity index (χ3v) is 5.37. The summed E-state index contributed by atoms with van der Waals surface area (Å²) in [6, 6.07) is 7.25. The lowest BCUT2D eigenvalue weighted by molar-refractivity contribution is -0.128. The molecule has 0 aliphatic carbocycles. The quantitative estimate of drug-likeness (QED) is 0.894. The Balaban J connectivity index is 1.51. The Labute approximate surface area is 158 Å². The number of hydrogen-bond acceptors (Lipinski definition) is 5. The maximum atomic E-state index is 12.5. The Hall–Kier alpha value is -2.70. The van der Waals surface area contributed by atoms with Crippen LogP contribution in [0.1, 0.15) is 49.4 Å². The Bertz CT molecular complexity index is 843. The molecule has 0 radical (unpaired) electrons. The Morgan fingerprint density at radius 3 is 2.67 bits per heavy atom. The number of carbonyl (C=O) groups is 1. The summed E-state index contributed by atoms with van der Waals surface area (Å²) in [6.07, 6.45) is 6.81. The highest BCUT2D eigenvalue weighted by atomic mass is 16.2. The fraction of sp³-hybridized carbons (Fsp3) is 0.500. The van der Waals surface area contributed by atoms with Crippen molar-refractivity contribution < 1.29 is 4.79 Å². The molecule has 2 aromatic heterocycles. The number of H-pyrrole nitrogens is 1. The number of nitrogens with one attached hydrogen (secondary N) is 1. The van der Waals surface area contributed by atoms with Crippen molar-refractivity contribution in [1.29, 1.82) is 0 Å². The highest BCUT2D eigenvalue weighted by molar-refractivity contribution is 5.79. The molecule has 1 amide bonds. The molecule has 0 saturated carbocycles. The molecular formula is C20H25N5O2. The number of hydrogen-bond donors (Lipinski definition) is 1. The number of pyridine rings is 1. The van der Waals surface area contributed by atoms with E-state index in [0.717, 1.165) is 37.3 Å². The number of amides is 1. The molecule has 7 nitrogen and oxygen atoms in total. The van der Waals surface area contributed by atoms with Gasteiger partial charge in [0.2, 0.25) is 11.9 Å². The van der Waals surface area contributed by atoms with Crippen LogP contribution in [0.15, 0.2) is 35.3 Å². The van der Waals surface area contributed by atoms with Crippen LogP contribution in [0.4, 0.5) is 5.95 Å². The summed E-state index contributed by atoms with van der Waals surface area (Å²) in [5.41, 5.74) is 1.44. The van der Waals surface area contributed by atoms with E-state index in [1.165, 1.54) is 12.8 Å². The van der Waals surface area contributed by atoms with Gasteiger partial charge in [-0.25, -0.2) is 4.98 Å². The van der Waals surface area contributed by atoms with E-state index in [4.69, 9.17) is 4.98 Å². The standard InChI is InChI=1S/C20H25N5O2/c26-18-12-17(22-20(23-18)24-9-5-1-2-6-10-24)15-11-19(27)25(13-15)14-16-7-3-4-8-21-16/h3-4,7-8,12,15H,1-2,5-6,9-11,13-14H2,(H,22,23,26)/t15-/m1/s1. The largest absolute Gasteiger partial charge is 0.342 e. The summed E-state index contributed by atoms with van der Waals surface area (Å²) in [5, 5.41) is 0. The van der Waals surface area contributed by atoms with E-state index in [9.17, 15) is 9.59 Å². The van der Waals surface area contributed by atoms with Gasteiger partial charge < -0.3 is 9.80 Å². The van der Waals surface area contributed by atoms with Crippen LogP contribution in [0.25, 0.3) is 0 Å². The minimum atomic E-state index is -0.144. The fourth-order valence-corrected chi connectivity index (χ4v) is 3.91. The minimum absolute atomic E-state index is 0.0470. The minimum Gasteiger partial charge on any atom is -0.342 e. The lowest BCUT2D eigenvalue weighted by Crippen LogP contribution is -2.29. The highest BCUT2D eigenvalue weighted by Crippen LogP contribution is 2.28. The van der Waals surface area contributed by atoms with Crippen molar-refractivity contribution in [3.05, 3.63) is 52.2 Å². The summed E-state index contributed by atoms with van der Waals surface area (Å²) >= 11 is 0. The van der Waals surface area contributed by atoms with Gasteiger partial charge in [0.25, 0.3) is 5.56 Å². The van der Waals surface area contributed by atoms with E-state index >= 15 is 0 Å². The average molecular weight is 367 g/mol. The molecule has 0 spiro atoms. The number of carbonyl (C=O) groups excluding carboxylic acids is 1. The van der Waals surface area contributed by atoms with Crippen LogP contribution in [0.2, 0.25) is 0 Å². The van der Waals surface area contributed by atoms with Crippen LogP contribution >= 0.6 is 0 Å². The van der Waals surface area contributed by atoms with Crippen LogP contribution < -0.4 is 10.5 Å². The monoisotopic (exact) mass is 367 g/mol. The van der Waals surface area contributed by atoms with Crippen molar-refractivity contribution >= 4 is 11.9 Å².